The number of H-pyrrole nitrogens is 1. The fraction of sp³-hybridized carbons (Fsp3) is 0.0556. The van der Waals surface area contributed by atoms with Gasteiger partial charge in [0, 0.05) is 11.8 Å². The van der Waals surface area contributed by atoms with Gasteiger partial charge in [-0.1, -0.05) is 54.2 Å². The van der Waals surface area contributed by atoms with Gasteiger partial charge in [-0.05, 0) is 23.3 Å². The van der Waals surface area contributed by atoms with Crippen molar-refractivity contribution in [2.75, 3.05) is 0 Å². The molecule has 2 aromatic carbocycles. The van der Waals surface area contributed by atoms with E-state index in [1.807, 2.05) is 36.4 Å². The van der Waals surface area contributed by atoms with E-state index in [-0.39, 0.29) is 11.4 Å². The van der Waals surface area contributed by atoms with Crippen LogP contribution in [0.3, 0.4) is 0 Å². The van der Waals surface area contributed by atoms with E-state index in [1.165, 1.54) is 30.0 Å². The molecule has 5 nitrogen and oxygen atoms in total. The molecule has 0 aliphatic heterocycles. The first-order valence-electron chi connectivity index (χ1n) is 7.62. The molecule has 0 radical (unpaired) electrons. The van der Waals surface area contributed by atoms with Crippen LogP contribution in [0.5, 0.6) is 0 Å². The first kappa shape index (κ1) is 15.6. The average Bonchev–Trinajstić information content (AvgIpc) is 3.03. The third kappa shape index (κ3) is 3.18. The minimum atomic E-state index is -0.265. The Morgan fingerprint density at radius 2 is 1.88 bits per heavy atom. The lowest BCUT2D eigenvalue weighted by molar-refractivity contribution is 0.626. The summed E-state index contributed by atoms with van der Waals surface area (Å²) in [7, 11) is 0. The lowest BCUT2D eigenvalue weighted by atomic mass is 10.1. The molecule has 124 valence electrons. The van der Waals surface area contributed by atoms with Gasteiger partial charge in [-0.2, -0.15) is 0 Å². The zero-order valence-corrected chi connectivity index (χ0v) is 13.8. The highest BCUT2D eigenvalue weighted by Gasteiger charge is 2.13. The Bertz CT molecular complexity index is 1090. The van der Waals surface area contributed by atoms with Gasteiger partial charge in [0.05, 0.1) is 5.69 Å². The summed E-state index contributed by atoms with van der Waals surface area (Å²) in [5.41, 5.74) is 2.23. The molecular weight excluding hydrogens is 339 g/mol. The largest absolute Gasteiger partial charge is 0.291 e. The monoisotopic (exact) mass is 352 g/mol. The maximum absolute atomic E-state index is 13.3. The van der Waals surface area contributed by atoms with Crippen molar-refractivity contribution in [1.82, 2.24) is 19.6 Å². The molecule has 4 rings (SSSR count). The molecule has 0 saturated carbocycles. The smallest absolute Gasteiger partial charge is 0.252 e. The highest BCUT2D eigenvalue weighted by Crippen LogP contribution is 2.26. The first-order chi connectivity index (χ1) is 12.2. The molecule has 0 amide bonds. The van der Waals surface area contributed by atoms with Crippen LogP contribution in [-0.4, -0.2) is 19.6 Å². The Balaban J connectivity index is 1.76. The zero-order chi connectivity index (χ0) is 17.2. The lowest BCUT2D eigenvalue weighted by Gasteiger charge is -2.07. The number of hydrogen-bond acceptors (Lipinski definition) is 4. The van der Waals surface area contributed by atoms with Crippen molar-refractivity contribution >= 4 is 17.5 Å². The lowest BCUT2D eigenvalue weighted by Crippen LogP contribution is -2.09. The fourth-order valence-corrected chi connectivity index (χ4v) is 3.48. The molecule has 0 bridgehead atoms. The third-order valence-corrected chi connectivity index (χ3v) is 4.70. The van der Waals surface area contributed by atoms with Crippen LogP contribution in [0.4, 0.5) is 4.39 Å². The van der Waals surface area contributed by atoms with E-state index in [0.717, 1.165) is 11.1 Å². The molecule has 0 unspecified atom stereocenters. The molecule has 2 aromatic heterocycles. The Labute approximate surface area is 146 Å². The predicted molar refractivity (Wildman–Crippen MR) is 95.0 cm³/mol. The van der Waals surface area contributed by atoms with Crippen molar-refractivity contribution in [3.8, 4) is 11.3 Å². The molecule has 7 heteroatoms. The first-order valence-corrected chi connectivity index (χ1v) is 8.60. The number of benzene rings is 2. The Morgan fingerprint density at radius 1 is 1.04 bits per heavy atom. The van der Waals surface area contributed by atoms with Crippen LogP contribution < -0.4 is 5.56 Å². The highest BCUT2D eigenvalue weighted by molar-refractivity contribution is 7.98. The van der Waals surface area contributed by atoms with E-state index in [4.69, 9.17) is 0 Å². The maximum atomic E-state index is 13.3. The number of fused-ring (bicyclic) bond motifs is 1. The van der Waals surface area contributed by atoms with E-state index in [0.29, 0.717) is 22.4 Å². The van der Waals surface area contributed by atoms with E-state index < -0.39 is 0 Å². The van der Waals surface area contributed by atoms with Crippen molar-refractivity contribution in [2.45, 2.75) is 10.9 Å². The molecule has 0 aliphatic rings. The number of hydrogen-bond donors (Lipinski definition) is 1. The molecular formula is C18H13FN4OS. The van der Waals surface area contributed by atoms with Crippen LogP contribution >= 0.6 is 11.8 Å². The molecule has 2 heterocycles. The molecule has 0 spiro atoms. The van der Waals surface area contributed by atoms with Gasteiger partial charge in [0.15, 0.2) is 5.16 Å². The Hall–Kier alpha value is -2.93. The second kappa shape index (κ2) is 6.52. The number of nitrogens with one attached hydrogen (secondary N) is 1. The summed E-state index contributed by atoms with van der Waals surface area (Å²) in [4.78, 5) is 14.6. The highest BCUT2D eigenvalue weighted by atomic mass is 32.2. The van der Waals surface area contributed by atoms with Gasteiger partial charge in [-0.25, -0.2) is 4.39 Å². The number of aromatic amines is 1. The van der Waals surface area contributed by atoms with Gasteiger partial charge >= 0.3 is 0 Å². The van der Waals surface area contributed by atoms with Crippen LogP contribution in [0.15, 0.2) is 70.6 Å². The van der Waals surface area contributed by atoms with Gasteiger partial charge in [-0.3, -0.25) is 14.2 Å². The Morgan fingerprint density at radius 3 is 2.68 bits per heavy atom. The van der Waals surface area contributed by atoms with E-state index in [1.54, 1.807) is 10.5 Å². The van der Waals surface area contributed by atoms with Gasteiger partial charge in [0.25, 0.3) is 5.56 Å². The maximum Gasteiger partial charge on any atom is 0.252 e. The standard InChI is InChI=1S/C18H13FN4OS/c19-14-8-4-5-12(9-14)11-25-18-22-21-17-20-16(24)10-15(23(17)18)13-6-2-1-3-7-13/h1-10H,11H2,(H,20,21,24). The predicted octanol–water partition coefficient (Wildman–Crippen LogP) is 3.52. The van der Waals surface area contributed by atoms with Gasteiger partial charge < -0.3 is 0 Å². The Kier molecular flexibility index (Phi) is 4.07. The van der Waals surface area contributed by atoms with Crippen molar-refractivity contribution in [2.24, 2.45) is 0 Å². The van der Waals surface area contributed by atoms with Crippen LogP contribution in [0.2, 0.25) is 0 Å². The van der Waals surface area contributed by atoms with E-state index in [9.17, 15) is 9.18 Å². The molecule has 0 atom stereocenters. The minimum Gasteiger partial charge on any atom is -0.291 e. The summed E-state index contributed by atoms with van der Waals surface area (Å²) in [6, 6.07) is 17.6. The number of thioether (sulfide) groups is 1. The van der Waals surface area contributed by atoms with Crippen LogP contribution in [0.1, 0.15) is 5.56 Å². The number of aromatic nitrogens is 4. The summed E-state index contributed by atoms with van der Waals surface area (Å²) < 4.78 is 15.1. The molecule has 0 aliphatic carbocycles. The second-order valence-electron chi connectivity index (χ2n) is 5.45. The van der Waals surface area contributed by atoms with E-state index in [2.05, 4.69) is 15.2 Å². The number of nitrogens with zero attached hydrogens (tertiary/aromatic N) is 3. The van der Waals surface area contributed by atoms with Crippen LogP contribution in [0.25, 0.3) is 17.0 Å². The minimum absolute atomic E-state index is 0.236. The van der Waals surface area contributed by atoms with Crippen molar-refractivity contribution in [3.05, 3.63) is 82.4 Å². The van der Waals surface area contributed by atoms with Crippen molar-refractivity contribution in [1.29, 1.82) is 0 Å². The SMILES string of the molecule is O=c1cc(-c2ccccc2)n2c(SCc3cccc(F)c3)nnc2[nH]1. The average molecular weight is 352 g/mol. The summed E-state index contributed by atoms with van der Waals surface area (Å²) in [5, 5.41) is 8.86. The number of halogens is 1. The van der Waals surface area contributed by atoms with Gasteiger partial charge in [0.1, 0.15) is 5.82 Å². The number of rotatable bonds is 4. The summed E-state index contributed by atoms with van der Waals surface area (Å²) in [6.45, 7) is 0. The molecule has 0 saturated heterocycles. The van der Waals surface area contributed by atoms with Crippen LogP contribution in [0, 0.1) is 5.82 Å². The van der Waals surface area contributed by atoms with Crippen LogP contribution in [-0.2, 0) is 5.75 Å². The molecule has 25 heavy (non-hydrogen) atoms. The van der Waals surface area contributed by atoms with Crippen molar-refractivity contribution < 1.29 is 4.39 Å². The fourth-order valence-electron chi connectivity index (χ4n) is 2.59. The summed E-state index contributed by atoms with van der Waals surface area (Å²) in [5.74, 6) is 0.665. The van der Waals surface area contributed by atoms with Gasteiger partial charge in [-0.15, -0.1) is 10.2 Å². The third-order valence-electron chi connectivity index (χ3n) is 3.70. The normalized spacial score (nSPS) is 11.1. The van der Waals surface area contributed by atoms with E-state index >= 15 is 0 Å². The zero-order valence-electron chi connectivity index (χ0n) is 13.0. The molecule has 1 N–H and O–H groups in total. The quantitative estimate of drug-likeness (QED) is 0.571. The summed E-state index contributed by atoms with van der Waals surface area (Å²) >= 11 is 1.43. The van der Waals surface area contributed by atoms with Crippen molar-refractivity contribution in [3.63, 3.8) is 0 Å². The topological polar surface area (TPSA) is 63.1 Å². The van der Waals surface area contributed by atoms with Gasteiger partial charge in [0.2, 0.25) is 5.78 Å². The second-order valence-corrected chi connectivity index (χ2v) is 6.39. The molecule has 0 fully saturated rings. The summed E-state index contributed by atoms with van der Waals surface area (Å²) in [6.07, 6.45) is 0. The molecule has 4 aromatic rings.